The lowest BCUT2D eigenvalue weighted by molar-refractivity contribution is -0.107. The van der Waals surface area contributed by atoms with Crippen LogP contribution in [0, 0.1) is 17.2 Å². The quantitative estimate of drug-likeness (QED) is 0.415. The second-order valence-corrected chi connectivity index (χ2v) is 11.8. The molecule has 0 N–H and O–H groups in total. The summed E-state index contributed by atoms with van der Waals surface area (Å²) in [5, 5.41) is 12.1. The smallest absolute Gasteiger partial charge is 0.233 e. The number of sulfonamides is 1. The number of halogens is 4. The van der Waals surface area contributed by atoms with Crippen molar-refractivity contribution in [2.24, 2.45) is 11.3 Å². The van der Waals surface area contributed by atoms with Crippen LogP contribution in [0.25, 0.3) is 11.8 Å². The summed E-state index contributed by atoms with van der Waals surface area (Å²) in [4.78, 5) is 0. The maximum atomic E-state index is 13.4. The Morgan fingerprint density at radius 3 is 2.62 bits per heavy atom. The van der Waals surface area contributed by atoms with Gasteiger partial charge < -0.3 is 0 Å². The molecule has 3 aromatic rings. The Labute approximate surface area is 211 Å². The van der Waals surface area contributed by atoms with E-state index in [0.29, 0.717) is 24.9 Å². The highest BCUT2D eigenvalue weighted by atomic mass is 32.2. The van der Waals surface area contributed by atoms with E-state index in [0.717, 1.165) is 21.1 Å². The molecule has 37 heavy (non-hydrogen) atoms. The molecule has 0 radical (unpaired) electrons. The van der Waals surface area contributed by atoms with E-state index in [9.17, 15) is 26.0 Å². The Hall–Kier alpha value is -3.12. The first kappa shape index (κ1) is 25.5. The summed E-state index contributed by atoms with van der Waals surface area (Å²) in [5.74, 6) is -2.48. The molecule has 7 nitrogen and oxygen atoms in total. The Morgan fingerprint density at radius 2 is 1.95 bits per heavy atom. The predicted molar refractivity (Wildman–Crippen MR) is 128 cm³/mol. The van der Waals surface area contributed by atoms with Gasteiger partial charge in [-0.3, -0.25) is 0 Å². The van der Waals surface area contributed by atoms with Gasteiger partial charge in [0.05, 0.1) is 29.8 Å². The maximum absolute atomic E-state index is 13.4. The number of alkyl halides is 3. The normalized spacial score (nSPS) is 21.6. The van der Waals surface area contributed by atoms with Crippen LogP contribution in [-0.4, -0.2) is 51.2 Å². The first-order valence-corrected chi connectivity index (χ1v) is 13.4. The van der Waals surface area contributed by atoms with Gasteiger partial charge in [0.2, 0.25) is 10.0 Å². The summed E-state index contributed by atoms with van der Waals surface area (Å²) in [6.07, 6.45) is 2.22. The SMILES string of the molecule is C[C@]12Cc3cnn(-c4ccc(F)cc4)c3C=C1CC[C@@H]2CN(Cc1cccnn1)S(=O)(=O)CC(F)(F)F. The zero-order valence-corrected chi connectivity index (χ0v) is 20.8. The Morgan fingerprint density at radius 1 is 1.19 bits per heavy atom. The van der Waals surface area contributed by atoms with Crippen LogP contribution in [0.15, 0.2) is 54.4 Å². The molecule has 2 aliphatic rings. The predicted octanol–water partition coefficient (Wildman–Crippen LogP) is 4.55. The number of aromatic nitrogens is 4. The molecule has 1 fully saturated rings. The third-order valence-corrected chi connectivity index (χ3v) is 9.11. The van der Waals surface area contributed by atoms with Crippen LogP contribution in [0.2, 0.25) is 0 Å². The van der Waals surface area contributed by atoms with E-state index in [1.54, 1.807) is 35.1 Å². The lowest BCUT2D eigenvalue weighted by atomic mass is 9.70. The van der Waals surface area contributed by atoms with Crippen LogP contribution in [-0.2, 0) is 23.0 Å². The summed E-state index contributed by atoms with van der Waals surface area (Å²) in [5.41, 5.74) is 3.46. The van der Waals surface area contributed by atoms with E-state index in [1.807, 2.05) is 13.0 Å². The number of allylic oxidation sites excluding steroid dienone is 1. The van der Waals surface area contributed by atoms with Crippen molar-refractivity contribution in [2.75, 3.05) is 12.3 Å². The van der Waals surface area contributed by atoms with E-state index in [4.69, 9.17) is 0 Å². The molecule has 2 aliphatic carbocycles. The second-order valence-electron chi connectivity index (χ2n) is 9.82. The number of nitrogens with zero attached hydrogens (tertiary/aromatic N) is 5. The van der Waals surface area contributed by atoms with Crippen molar-refractivity contribution in [3.8, 4) is 5.69 Å². The summed E-state index contributed by atoms with van der Waals surface area (Å²) >= 11 is 0. The van der Waals surface area contributed by atoms with Gasteiger partial charge in [-0.05, 0) is 78.6 Å². The van der Waals surface area contributed by atoms with E-state index in [1.165, 1.54) is 18.3 Å². The highest BCUT2D eigenvalue weighted by Crippen LogP contribution is 2.53. The largest absolute Gasteiger partial charge is 0.404 e. The minimum absolute atomic E-state index is 0.0652. The molecule has 1 aromatic carbocycles. The Kier molecular flexibility index (Phi) is 6.43. The lowest BCUT2D eigenvalue weighted by Gasteiger charge is -2.38. The van der Waals surface area contributed by atoms with Crippen molar-refractivity contribution in [1.82, 2.24) is 24.3 Å². The zero-order valence-electron chi connectivity index (χ0n) is 20.0. The zero-order chi connectivity index (χ0) is 26.4. The number of fused-ring (bicyclic) bond motifs is 2. The first-order valence-electron chi connectivity index (χ1n) is 11.8. The number of benzene rings is 1. The van der Waals surface area contributed by atoms with Gasteiger partial charge in [-0.15, -0.1) is 0 Å². The fraction of sp³-hybridized carbons (Fsp3) is 0.400. The molecule has 5 rings (SSSR count). The van der Waals surface area contributed by atoms with Crippen molar-refractivity contribution < 1.29 is 26.0 Å². The lowest BCUT2D eigenvalue weighted by Crippen LogP contribution is -2.43. The van der Waals surface area contributed by atoms with Gasteiger partial charge in [-0.1, -0.05) is 12.5 Å². The summed E-state index contributed by atoms with van der Waals surface area (Å²) in [6, 6.07) is 9.12. The molecule has 1 saturated carbocycles. The molecule has 0 bridgehead atoms. The molecule has 2 heterocycles. The van der Waals surface area contributed by atoms with Crippen molar-refractivity contribution in [1.29, 1.82) is 0 Å². The van der Waals surface area contributed by atoms with Crippen molar-refractivity contribution in [3.63, 3.8) is 0 Å². The fourth-order valence-electron chi connectivity index (χ4n) is 5.43. The van der Waals surface area contributed by atoms with Gasteiger partial charge in [0.1, 0.15) is 5.82 Å². The van der Waals surface area contributed by atoms with Gasteiger partial charge in [0.25, 0.3) is 0 Å². The van der Waals surface area contributed by atoms with Crippen molar-refractivity contribution >= 4 is 16.1 Å². The van der Waals surface area contributed by atoms with Gasteiger partial charge in [-0.2, -0.15) is 32.8 Å². The third-order valence-electron chi connectivity index (χ3n) is 7.35. The molecule has 12 heteroatoms. The fourth-order valence-corrected chi connectivity index (χ4v) is 6.77. The average molecular weight is 536 g/mol. The van der Waals surface area contributed by atoms with Gasteiger partial charge in [0.15, 0.2) is 5.75 Å². The third kappa shape index (κ3) is 5.17. The molecule has 196 valence electrons. The molecule has 0 unspecified atom stereocenters. The summed E-state index contributed by atoms with van der Waals surface area (Å²) in [7, 11) is -4.65. The second kappa shape index (κ2) is 9.32. The molecule has 0 saturated heterocycles. The van der Waals surface area contributed by atoms with E-state index in [-0.39, 0.29) is 30.5 Å². The summed E-state index contributed by atoms with van der Waals surface area (Å²) < 4.78 is 81.3. The minimum Gasteiger partial charge on any atom is -0.233 e. The number of rotatable bonds is 7. The maximum Gasteiger partial charge on any atom is 0.404 e. The van der Waals surface area contributed by atoms with Crippen LogP contribution in [0.4, 0.5) is 17.6 Å². The number of hydrogen-bond donors (Lipinski definition) is 0. The highest BCUT2D eigenvalue weighted by molar-refractivity contribution is 7.89. The minimum atomic E-state index is -4.86. The van der Waals surface area contributed by atoms with Crippen LogP contribution in [0.3, 0.4) is 0 Å². The summed E-state index contributed by atoms with van der Waals surface area (Å²) in [6.45, 7) is 1.68. The molecular weight excluding hydrogens is 510 g/mol. The molecule has 0 amide bonds. The van der Waals surface area contributed by atoms with Gasteiger partial charge in [-0.25, -0.2) is 17.5 Å². The average Bonchev–Trinajstić information content (AvgIpc) is 3.36. The molecular formula is C25H25F4N5O2S. The monoisotopic (exact) mass is 535 g/mol. The van der Waals surface area contributed by atoms with Crippen molar-refractivity contribution in [2.45, 2.75) is 38.9 Å². The highest BCUT2D eigenvalue weighted by Gasteiger charge is 2.48. The standard InChI is InChI=1S/C25H25F4N5O2S/c1-24-12-17-13-31-34(22-8-6-20(26)7-9-22)23(17)11-18(24)4-5-19(24)14-33(15-21-3-2-10-30-32-21)37(35,36)16-25(27,28)29/h2-3,6-11,13,19H,4-5,12,14-16H2,1H3/t19-,24+/m1/s1. The van der Waals surface area contributed by atoms with E-state index >= 15 is 0 Å². The van der Waals surface area contributed by atoms with Crippen LogP contribution in [0.5, 0.6) is 0 Å². The molecule has 2 aromatic heterocycles. The van der Waals surface area contributed by atoms with Crippen LogP contribution < -0.4 is 0 Å². The topological polar surface area (TPSA) is 81.0 Å². The molecule has 0 spiro atoms. The molecule has 2 atom stereocenters. The van der Waals surface area contributed by atoms with Crippen LogP contribution in [0.1, 0.15) is 36.7 Å². The van der Waals surface area contributed by atoms with E-state index in [2.05, 4.69) is 15.3 Å². The van der Waals surface area contributed by atoms with Gasteiger partial charge >= 0.3 is 6.18 Å². The van der Waals surface area contributed by atoms with Crippen molar-refractivity contribution in [3.05, 3.63) is 77.1 Å². The van der Waals surface area contributed by atoms with Crippen LogP contribution >= 0.6 is 0 Å². The Bertz CT molecular complexity index is 1420. The first-order chi connectivity index (χ1) is 17.4. The van der Waals surface area contributed by atoms with E-state index < -0.39 is 27.4 Å². The van der Waals surface area contributed by atoms with Gasteiger partial charge in [0, 0.05) is 12.7 Å². The molecule has 0 aliphatic heterocycles. The number of hydrogen-bond acceptors (Lipinski definition) is 5. The Balaban J connectivity index is 1.43.